The highest BCUT2D eigenvalue weighted by Crippen LogP contribution is 2.26. The highest BCUT2D eigenvalue weighted by molar-refractivity contribution is 5.80. The van der Waals surface area contributed by atoms with Gasteiger partial charge in [0.1, 0.15) is 5.75 Å². The highest BCUT2D eigenvalue weighted by atomic mass is 16.5. The van der Waals surface area contributed by atoms with E-state index in [4.69, 9.17) is 14.2 Å². The molecule has 0 aromatic heterocycles. The van der Waals surface area contributed by atoms with E-state index in [-0.39, 0.29) is 12.0 Å². The van der Waals surface area contributed by atoms with Gasteiger partial charge in [0.15, 0.2) is 17.6 Å². The van der Waals surface area contributed by atoms with Crippen molar-refractivity contribution in [1.82, 2.24) is 5.32 Å². The molecule has 2 aromatic carbocycles. The monoisotopic (exact) mass is 371 g/mol. The number of amides is 1. The average molecular weight is 371 g/mol. The van der Waals surface area contributed by atoms with E-state index in [1.54, 1.807) is 26.2 Å². The van der Waals surface area contributed by atoms with Gasteiger partial charge < -0.3 is 19.5 Å². The summed E-state index contributed by atoms with van der Waals surface area (Å²) in [5.41, 5.74) is 1.20. The molecule has 2 aromatic rings. The molecule has 0 bridgehead atoms. The summed E-state index contributed by atoms with van der Waals surface area (Å²) in [5.74, 6) is 1.91. The van der Waals surface area contributed by atoms with Crippen molar-refractivity contribution in [3.8, 4) is 17.2 Å². The van der Waals surface area contributed by atoms with Crippen molar-refractivity contribution in [3.63, 3.8) is 0 Å². The molecule has 1 atom stereocenters. The van der Waals surface area contributed by atoms with Gasteiger partial charge in [-0.25, -0.2) is 0 Å². The lowest BCUT2D eigenvalue weighted by Gasteiger charge is -2.16. The molecule has 0 spiro atoms. The summed E-state index contributed by atoms with van der Waals surface area (Å²) < 4.78 is 16.7. The first kappa shape index (κ1) is 20.6. The summed E-state index contributed by atoms with van der Waals surface area (Å²) in [5, 5.41) is 2.92. The van der Waals surface area contributed by atoms with E-state index >= 15 is 0 Å². The van der Waals surface area contributed by atoms with Crippen molar-refractivity contribution < 1.29 is 19.0 Å². The number of hydrogen-bond acceptors (Lipinski definition) is 4. The van der Waals surface area contributed by atoms with Crippen LogP contribution in [0.15, 0.2) is 48.5 Å². The molecule has 5 nitrogen and oxygen atoms in total. The molecule has 0 heterocycles. The standard InChI is InChI=1S/C22H29NO4/c1-16(2)26-19-11-7-9-18(15-19)10-8-14-23-22(24)17(3)27-21-13-6-5-12-20(21)25-4/h5-7,9,11-13,15-17H,8,10,14H2,1-4H3,(H,23,24). The normalized spacial score (nSPS) is 11.7. The predicted octanol–water partition coefficient (Wildman–Crippen LogP) is 4.00. The topological polar surface area (TPSA) is 56.8 Å². The molecule has 0 aliphatic carbocycles. The summed E-state index contributed by atoms with van der Waals surface area (Å²) in [6.45, 7) is 6.34. The van der Waals surface area contributed by atoms with Gasteiger partial charge in [-0.2, -0.15) is 0 Å². The summed E-state index contributed by atoms with van der Waals surface area (Å²) in [4.78, 5) is 12.2. The molecule has 0 saturated heterocycles. The van der Waals surface area contributed by atoms with Crippen LogP contribution in [0, 0.1) is 0 Å². The number of carbonyl (C=O) groups excluding carboxylic acids is 1. The highest BCUT2D eigenvalue weighted by Gasteiger charge is 2.16. The quantitative estimate of drug-likeness (QED) is 0.642. The van der Waals surface area contributed by atoms with Crippen LogP contribution in [0.25, 0.3) is 0 Å². The van der Waals surface area contributed by atoms with Gasteiger partial charge in [0.05, 0.1) is 13.2 Å². The Morgan fingerprint density at radius 3 is 2.44 bits per heavy atom. The van der Waals surface area contributed by atoms with E-state index in [0.717, 1.165) is 18.6 Å². The van der Waals surface area contributed by atoms with Crippen molar-refractivity contribution in [2.24, 2.45) is 0 Å². The fraction of sp³-hybridized carbons (Fsp3) is 0.409. The number of aryl methyl sites for hydroxylation is 1. The number of carbonyl (C=O) groups is 1. The summed E-state index contributed by atoms with van der Waals surface area (Å²) in [7, 11) is 1.58. The van der Waals surface area contributed by atoms with Gasteiger partial charge >= 0.3 is 0 Å². The van der Waals surface area contributed by atoms with Crippen molar-refractivity contribution >= 4 is 5.91 Å². The molecule has 27 heavy (non-hydrogen) atoms. The predicted molar refractivity (Wildman–Crippen MR) is 107 cm³/mol. The van der Waals surface area contributed by atoms with Crippen LogP contribution in [0.4, 0.5) is 0 Å². The van der Waals surface area contributed by atoms with E-state index in [1.807, 2.05) is 38.1 Å². The average Bonchev–Trinajstić information content (AvgIpc) is 2.65. The maximum absolute atomic E-state index is 12.2. The number of rotatable bonds is 10. The Morgan fingerprint density at radius 1 is 1.00 bits per heavy atom. The SMILES string of the molecule is COc1ccccc1OC(C)C(=O)NCCCc1cccc(OC(C)C)c1. The molecule has 1 N–H and O–H groups in total. The number of benzene rings is 2. The van der Waals surface area contributed by atoms with Crippen molar-refractivity contribution in [2.75, 3.05) is 13.7 Å². The molecule has 0 aliphatic rings. The first-order valence-electron chi connectivity index (χ1n) is 9.32. The van der Waals surface area contributed by atoms with Crippen LogP contribution in [0.2, 0.25) is 0 Å². The van der Waals surface area contributed by atoms with Gasteiger partial charge in [-0.1, -0.05) is 24.3 Å². The minimum atomic E-state index is -0.593. The van der Waals surface area contributed by atoms with Crippen LogP contribution in [0.1, 0.15) is 32.8 Å². The van der Waals surface area contributed by atoms with Crippen molar-refractivity contribution in [3.05, 3.63) is 54.1 Å². The van der Waals surface area contributed by atoms with E-state index in [2.05, 4.69) is 17.4 Å². The number of para-hydroxylation sites is 2. The van der Waals surface area contributed by atoms with Crippen molar-refractivity contribution in [2.45, 2.75) is 45.8 Å². The third kappa shape index (κ3) is 6.85. The summed E-state index contributed by atoms with van der Waals surface area (Å²) in [6, 6.07) is 15.4. The van der Waals surface area contributed by atoms with Gasteiger partial charge in [-0.3, -0.25) is 4.79 Å². The molecule has 1 amide bonds. The van der Waals surface area contributed by atoms with E-state index < -0.39 is 6.10 Å². The minimum Gasteiger partial charge on any atom is -0.493 e. The maximum Gasteiger partial charge on any atom is 0.260 e. The van der Waals surface area contributed by atoms with Gasteiger partial charge in [0.2, 0.25) is 0 Å². The Balaban J connectivity index is 1.75. The molecule has 0 aliphatic heterocycles. The number of ether oxygens (including phenoxy) is 3. The lowest BCUT2D eigenvalue weighted by Crippen LogP contribution is -2.37. The Bertz CT molecular complexity index is 730. The van der Waals surface area contributed by atoms with E-state index in [0.29, 0.717) is 18.0 Å². The second kappa shape index (κ2) is 10.5. The largest absolute Gasteiger partial charge is 0.493 e. The third-order valence-corrected chi connectivity index (χ3v) is 3.95. The van der Waals surface area contributed by atoms with Crippen LogP contribution >= 0.6 is 0 Å². The second-order valence-electron chi connectivity index (χ2n) is 6.62. The van der Waals surface area contributed by atoms with Crippen molar-refractivity contribution in [1.29, 1.82) is 0 Å². The minimum absolute atomic E-state index is 0.141. The molecule has 0 radical (unpaired) electrons. The van der Waals surface area contributed by atoms with Crippen LogP contribution < -0.4 is 19.5 Å². The zero-order valence-electron chi connectivity index (χ0n) is 16.5. The Morgan fingerprint density at radius 2 is 1.74 bits per heavy atom. The zero-order valence-corrected chi connectivity index (χ0v) is 16.5. The first-order valence-corrected chi connectivity index (χ1v) is 9.32. The van der Waals surface area contributed by atoms with Crippen LogP contribution in [-0.2, 0) is 11.2 Å². The van der Waals surface area contributed by atoms with Gasteiger partial charge in [-0.05, 0) is 63.4 Å². The smallest absolute Gasteiger partial charge is 0.260 e. The molecular weight excluding hydrogens is 342 g/mol. The lowest BCUT2D eigenvalue weighted by atomic mass is 10.1. The van der Waals surface area contributed by atoms with Crippen LogP contribution in [0.3, 0.4) is 0 Å². The Labute approximate surface area is 161 Å². The summed E-state index contributed by atoms with van der Waals surface area (Å²) >= 11 is 0. The second-order valence-corrected chi connectivity index (χ2v) is 6.62. The Hall–Kier alpha value is -2.69. The fourth-order valence-electron chi connectivity index (χ4n) is 2.65. The lowest BCUT2D eigenvalue weighted by molar-refractivity contribution is -0.127. The van der Waals surface area contributed by atoms with Gasteiger partial charge in [0.25, 0.3) is 5.91 Å². The Kier molecular flexibility index (Phi) is 7.99. The molecule has 146 valence electrons. The summed E-state index contributed by atoms with van der Waals surface area (Å²) in [6.07, 6.45) is 1.28. The van der Waals surface area contributed by atoms with Gasteiger partial charge in [0, 0.05) is 6.54 Å². The molecule has 1 unspecified atom stereocenters. The number of hydrogen-bond donors (Lipinski definition) is 1. The van der Waals surface area contributed by atoms with E-state index in [9.17, 15) is 4.79 Å². The number of nitrogens with one attached hydrogen (secondary N) is 1. The first-order chi connectivity index (χ1) is 13.0. The molecule has 0 fully saturated rings. The van der Waals surface area contributed by atoms with Gasteiger partial charge in [-0.15, -0.1) is 0 Å². The van der Waals surface area contributed by atoms with E-state index in [1.165, 1.54) is 5.56 Å². The van der Waals surface area contributed by atoms with Crippen LogP contribution in [-0.4, -0.2) is 31.8 Å². The third-order valence-electron chi connectivity index (χ3n) is 3.95. The number of methoxy groups -OCH3 is 1. The molecule has 2 rings (SSSR count). The zero-order chi connectivity index (χ0) is 19.6. The molecular formula is C22H29NO4. The molecule has 5 heteroatoms. The fourth-order valence-corrected chi connectivity index (χ4v) is 2.65. The molecule has 0 saturated carbocycles. The van der Waals surface area contributed by atoms with Crippen LogP contribution in [0.5, 0.6) is 17.2 Å². The maximum atomic E-state index is 12.2.